The van der Waals surface area contributed by atoms with E-state index in [1.165, 1.54) is 0 Å². The van der Waals surface area contributed by atoms with Crippen molar-refractivity contribution >= 4 is 12.7 Å². The van der Waals surface area contributed by atoms with Gasteiger partial charge in [0.25, 0.3) is 0 Å². The van der Waals surface area contributed by atoms with Crippen LogP contribution in [0.1, 0.15) is 32.3 Å². The summed E-state index contributed by atoms with van der Waals surface area (Å²) in [6.45, 7) is 7.81. The van der Waals surface area contributed by atoms with Gasteiger partial charge in [-0.1, -0.05) is 20.8 Å². The van der Waals surface area contributed by atoms with Gasteiger partial charge in [-0.3, -0.25) is 0 Å². The Bertz CT molecular complexity index is 346. The van der Waals surface area contributed by atoms with Gasteiger partial charge < -0.3 is 4.57 Å². The quantitative estimate of drug-likeness (QED) is 0.721. The Kier molecular flexibility index (Phi) is 3.43. The highest BCUT2D eigenvalue weighted by molar-refractivity contribution is 7.70. The fourth-order valence-electron chi connectivity index (χ4n) is 1.02. The summed E-state index contributed by atoms with van der Waals surface area (Å²) in [5.74, 6) is 0.418. The maximum atomic E-state index is 11.9. The standard InChI is InChI=1S/C10H17N2OP/c1-5-14(4,13)10-11-6-9(7-12-10)8(2)3/h6-8H,5H2,1-4H3. The molecule has 78 valence electrons. The van der Waals surface area contributed by atoms with Crippen molar-refractivity contribution in [3.8, 4) is 0 Å². The molecule has 4 heteroatoms. The van der Waals surface area contributed by atoms with Crippen molar-refractivity contribution in [1.29, 1.82) is 0 Å². The maximum Gasteiger partial charge on any atom is 0.188 e. The lowest BCUT2D eigenvalue weighted by atomic mass is 10.1. The molecule has 0 radical (unpaired) electrons. The van der Waals surface area contributed by atoms with Gasteiger partial charge in [-0.25, -0.2) is 9.97 Å². The second kappa shape index (κ2) is 4.22. The minimum atomic E-state index is -2.30. The van der Waals surface area contributed by atoms with Gasteiger partial charge in [-0.05, 0) is 18.1 Å². The lowest BCUT2D eigenvalue weighted by Crippen LogP contribution is -2.15. The van der Waals surface area contributed by atoms with Crippen molar-refractivity contribution in [1.82, 2.24) is 9.97 Å². The SMILES string of the molecule is CCP(C)(=O)c1ncc(C(C)C)cn1. The molecule has 0 bridgehead atoms. The minimum absolute atomic E-state index is 0.418. The van der Waals surface area contributed by atoms with Crippen molar-refractivity contribution in [2.24, 2.45) is 0 Å². The summed E-state index contributed by atoms with van der Waals surface area (Å²) in [4.78, 5) is 8.34. The molecule has 0 N–H and O–H groups in total. The highest BCUT2D eigenvalue weighted by Gasteiger charge is 2.18. The molecule has 1 heterocycles. The third-order valence-corrected chi connectivity index (χ3v) is 4.64. The third kappa shape index (κ3) is 2.42. The fraction of sp³-hybridized carbons (Fsp3) is 0.600. The van der Waals surface area contributed by atoms with Crippen LogP contribution in [0.4, 0.5) is 0 Å². The average molecular weight is 212 g/mol. The average Bonchev–Trinajstić information content (AvgIpc) is 2.18. The normalized spacial score (nSPS) is 15.5. The van der Waals surface area contributed by atoms with E-state index in [1.807, 2.05) is 6.92 Å². The van der Waals surface area contributed by atoms with E-state index < -0.39 is 7.14 Å². The number of hydrogen-bond acceptors (Lipinski definition) is 3. The number of aromatic nitrogens is 2. The molecule has 0 aliphatic heterocycles. The first-order valence-electron chi connectivity index (χ1n) is 4.86. The van der Waals surface area contributed by atoms with Crippen LogP contribution < -0.4 is 5.57 Å². The number of nitrogens with zero attached hydrogens (tertiary/aromatic N) is 2. The van der Waals surface area contributed by atoms with Crippen LogP contribution in [0.15, 0.2) is 12.4 Å². The first-order chi connectivity index (χ1) is 6.47. The van der Waals surface area contributed by atoms with Crippen molar-refractivity contribution in [2.75, 3.05) is 12.8 Å². The molecule has 0 aliphatic carbocycles. The van der Waals surface area contributed by atoms with Gasteiger partial charge in [0.15, 0.2) is 5.57 Å². The highest BCUT2D eigenvalue weighted by Crippen LogP contribution is 2.37. The highest BCUT2D eigenvalue weighted by atomic mass is 31.2. The molecule has 0 aromatic carbocycles. The third-order valence-electron chi connectivity index (χ3n) is 2.35. The molecule has 0 amide bonds. The Hall–Kier alpha value is -0.690. The molecule has 14 heavy (non-hydrogen) atoms. The molecule has 0 aliphatic rings. The summed E-state index contributed by atoms with van der Waals surface area (Å²) < 4.78 is 11.9. The molecule has 1 aromatic rings. The Morgan fingerprint density at radius 1 is 1.36 bits per heavy atom. The molecule has 1 aromatic heterocycles. The molecule has 0 saturated heterocycles. The van der Waals surface area contributed by atoms with Gasteiger partial charge in [0, 0.05) is 18.6 Å². The number of hydrogen-bond donors (Lipinski definition) is 0. The molecule has 0 fully saturated rings. The second-order valence-electron chi connectivity index (χ2n) is 3.89. The summed E-state index contributed by atoms with van der Waals surface area (Å²) in [5.41, 5.74) is 1.59. The van der Waals surface area contributed by atoms with Gasteiger partial charge in [0.05, 0.1) is 0 Å². The van der Waals surface area contributed by atoms with Crippen LogP contribution in [0.3, 0.4) is 0 Å². The van der Waals surface area contributed by atoms with E-state index in [0.717, 1.165) is 5.56 Å². The molecular formula is C10H17N2OP. The maximum absolute atomic E-state index is 11.9. The zero-order chi connectivity index (χ0) is 10.8. The van der Waals surface area contributed by atoms with Crippen molar-refractivity contribution in [3.05, 3.63) is 18.0 Å². The Morgan fingerprint density at radius 2 is 1.86 bits per heavy atom. The van der Waals surface area contributed by atoms with Crippen molar-refractivity contribution in [3.63, 3.8) is 0 Å². The lowest BCUT2D eigenvalue weighted by Gasteiger charge is -2.09. The van der Waals surface area contributed by atoms with Crippen molar-refractivity contribution < 1.29 is 4.57 Å². The predicted octanol–water partition coefficient (Wildman–Crippen LogP) is 2.24. The predicted molar refractivity (Wildman–Crippen MR) is 59.8 cm³/mol. The zero-order valence-corrected chi connectivity index (χ0v) is 10.1. The van der Waals surface area contributed by atoms with Crippen LogP contribution in [0, 0.1) is 0 Å². The van der Waals surface area contributed by atoms with E-state index in [-0.39, 0.29) is 0 Å². The molecule has 3 nitrogen and oxygen atoms in total. The van der Waals surface area contributed by atoms with Crippen LogP contribution in [-0.2, 0) is 4.57 Å². The van der Waals surface area contributed by atoms with Gasteiger partial charge in [-0.15, -0.1) is 0 Å². The summed E-state index contributed by atoms with van der Waals surface area (Å²) in [7, 11) is -2.30. The van der Waals surface area contributed by atoms with Crippen molar-refractivity contribution in [2.45, 2.75) is 26.7 Å². The molecule has 1 unspecified atom stereocenters. The van der Waals surface area contributed by atoms with Crippen LogP contribution in [0.5, 0.6) is 0 Å². The Labute approximate surface area is 85.3 Å². The summed E-state index contributed by atoms with van der Waals surface area (Å²) in [6.07, 6.45) is 4.17. The second-order valence-corrected chi connectivity index (χ2v) is 7.12. The van der Waals surface area contributed by atoms with Gasteiger partial charge >= 0.3 is 0 Å². The van der Waals surface area contributed by atoms with E-state index in [2.05, 4.69) is 23.8 Å². The first-order valence-corrected chi connectivity index (χ1v) is 7.20. The molecule has 1 rings (SSSR count). The van der Waals surface area contributed by atoms with Gasteiger partial charge in [-0.2, -0.15) is 0 Å². The Morgan fingerprint density at radius 3 is 2.21 bits per heavy atom. The van der Waals surface area contributed by atoms with Crippen LogP contribution >= 0.6 is 7.14 Å². The lowest BCUT2D eigenvalue weighted by molar-refractivity contribution is 0.584. The smallest absolute Gasteiger partial charge is 0.188 e. The molecular weight excluding hydrogens is 195 g/mol. The van der Waals surface area contributed by atoms with Crippen LogP contribution in [0.2, 0.25) is 0 Å². The van der Waals surface area contributed by atoms with Crippen LogP contribution in [-0.4, -0.2) is 22.8 Å². The summed E-state index contributed by atoms with van der Waals surface area (Å²) in [6, 6.07) is 0. The monoisotopic (exact) mass is 212 g/mol. The summed E-state index contributed by atoms with van der Waals surface area (Å²) in [5, 5.41) is 0. The van der Waals surface area contributed by atoms with Gasteiger partial charge in [0.2, 0.25) is 0 Å². The van der Waals surface area contributed by atoms with E-state index in [1.54, 1.807) is 19.1 Å². The fourth-order valence-corrected chi connectivity index (χ4v) is 1.90. The molecule has 0 saturated carbocycles. The van der Waals surface area contributed by atoms with E-state index in [9.17, 15) is 4.57 Å². The largest absolute Gasteiger partial charge is 0.316 e. The molecule has 0 spiro atoms. The Balaban J connectivity index is 3.00. The van der Waals surface area contributed by atoms with E-state index in [0.29, 0.717) is 17.6 Å². The molecule has 1 atom stereocenters. The van der Waals surface area contributed by atoms with Gasteiger partial charge in [0.1, 0.15) is 7.14 Å². The summed E-state index contributed by atoms with van der Waals surface area (Å²) >= 11 is 0. The minimum Gasteiger partial charge on any atom is -0.316 e. The number of rotatable bonds is 3. The van der Waals surface area contributed by atoms with E-state index >= 15 is 0 Å². The first kappa shape index (κ1) is 11.4. The van der Waals surface area contributed by atoms with E-state index in [4.69, 9.17) is 0 Å². The van der Waals surface area contributed by atoms with Crippen LogP contribution in [0.25, 0.3) is 0 Å². The zero-order valence-electron chi connectivity index (χ0n) is 9.19. The topological polar surface area (TPSA) is 42.9 Å².